The predicted molar refractivity (Wildman–Crippen MR) is 137 cm³/mol. The van der Waals surface area contributed by atoms with Crippen LogP contribution in [0.3, 0.4) is 0 Å². The molecule has 1 aliphatic rings. The van der Waals surface area contributed by atoms with Crippen LogP contribution in [0, 0.1) is 17.7 Å². The molecule has 1 saturated heterocycles. The molecule has 6 nitrogen and oxygen atoms in total. The van der Waals surface area contributed by atoms with Gasteiger partial charge in [-0.05, 0) is 65.6 Å². The highest BCUT2D eigenvalue weighted by Crippen LogP contribution is 2.46. The average Bonchev–Trinajstić information content (AvgIpc) is 2.86. The van der Waals surface area contributed by atoms with Gasteiger partial charge in [0.05, 0.1) is 22.6 Å². The van der Waals surface area contributed by atoms with E-state index in [0.29, 0.717) is 11.3 Å². The zero-order valence-corrected chi connectivity index (χ0v) is 21.3. The normalized spacial score (nSPS) is 17.7. The molecule has 188 valence electrons. The van der Waals surface area contributed by atoms with Crippen molar-refractivity contribution in [1.29, 1.82) is 0 Å². The number of hydrogen-bond donors (Lipinski definition) is 1. The van der Waals surface area contributed by atoms with Crippen LogP contribution in [0.1, 0.15) is 48.3 Å². The fourth-order valence-electron chi connectivity index (χ4n) is 4.53. The highest BCUT2D eigenvalue weighted by atomic mass is 32.2. The molecule has 8 heteroatoms. The first kappa shape index (κ1) is 25.6. The van der Waals surface area contributed by atoms with E-state index in [1.807, 2.05) is 19.9 Å². The van der Waals surface area contributed by atoms with Crippen molar-refractivity contribution in [3.8, 4) is 0 Å². The lowest BCUT2D eigenvalue weighted by molar-refractivity contribution is -0.132. The zero-order valence-electron chi connectivity index (χ0n) is 20.4. The van der Waals surface area contributed by atoms with Crippen molar-refractivity contribution in [1.82, 2.24) is 5.32 Å². The van der Waals surface area contributed by atoms with E-state index < -0.39 is 9.84 Å². The van der Waals surface area contributed by atoms with Gasteiger partial charge in [0.1, 0.15) is 5.82 Å². The van der Waals surface area contributed by atoms with Gasteiger partial charge >= 0.3 is 0 Å². The minimum Gasteiger partial charge on any atom is -0.348 e. The fourth-order valence-corrected chi connectivity index (χ4v) is 5.42. The summed E-state index contributed by atoms with van der Waals surface area (Å²) in [5.74, 6) is -0.767. The Hall–Kier alpha value is -3.52. The molecule has 3 aromatic rings. The Morgan fingerprint density at radius 1 is 1.03 bits per heavy atom. The number of nitrogens with zero attached hydrogens (tertiary/aromatic N) is 1. The van der Waals surface area contributed by atoms with Crippen LogP contribution in [0.5, 0.6) is 0 Å². The first-order valence-corrected chi connectivity index (χ1v) is 13.6. The van der Waals surface area contributed by atoms with E-state index in [2.05, 4.69) is 5.32 Å². The predicted octanol–water partition coefficient (Wildman–Crippen LogP) is 4.91. The lowest BCUT2D eigenvalue weighted by Gasteiger charge is -2.49. The standard InChI is InChI=1S/C28H29FN2O4S/c1-4-36(34,35)24-14-8-19(9-15-24)17-30-27(32)20-10-12-23(13-11-20)31-26(25(18(2)3)28(31)33)21-6-5-7-22(29)16-21/h5-16,18,25-26H,4,17H2,1-3H3,(H,30,32)/t25-,26-/m1/s1. The van der Waals surface area contributed by atoms with Crippen molar-refractivity contribution in [2.75, 3.05) is 10.7 Å². The second-order valence-electron chi connectivity index (χ2n) is 9.25. The highest BCUT2D eigenvalue weighted by molar-refractivity contribution is 7.91. The molecule has 0 aromatic heterocycles. The Kier molecular flexibility index (Phi) is 7.26. The number of sulfone groups is 1. The minimum atomic E-state index is -3.27. The Morgan fingerprint density at radius 2 is 1.69 bits per heavy atom. The van der Waals surface area contributed by atoms with Crippen LogP contribution in [-0.2, 0) is 21.2 Å². The molecule has 4 rings (SSSR count). The number of benzene rings is 3. The molecular weight excluding hydrogens is 479 g/mol. The number of halogens is 1. The second-order valence-corrected chi connectivity index (χ2v) is 11.5. The van der Waals surface area contributed by atoms with Gasteiger partial charge in [0.2, 0.25) is 5.91 Å². The van der Waals surface area contributed by atoms with Crippen molar-refractivity contribution in [2.24, 2.45) is 11.8 Å². The molecule has 3 aromatic carbocycles. The zero-order chi connectivity index (χ0) is 26.0. The van der Waals surface area contributed by atoms with Gasteiger partial charge in [-0.3, -0.25) is 9.59 Å². The SMILES string of the molecule is CCS(=O)(=O)c1ccc(CNC(=O)c2ccc(N3C(=O)[C@H](C(C)C)[C@H]3c3cccc(F)c3)cc2)cc1. The van der Waals surface area contributed by atoms with E-state index in [4.69, 9.17) is 0 Å². The molecule has 1 aliphatic heterocycles. The summed E-state index contributed by atoms with van der Waals surface area (Å²) in [6.45, 7) is 5.80. The molecule has 0 saturated carbocycles. The molecule has 0 unspecified atom stereocenters. The Bertz CT molecular complexity index is 1370. The van der Waals surface area contributed by atoms with E-state index in [-0.39, 0.29) is 52.7 Å². The number of anilines is 1. The smallest absolute Gasteiger partial charge is 0.251 e. The van der Waals surface area contributed by atoms with E-state index >= 15 is 0 Å². The van der Waals surface area contributed by atoms with Crippen molar-refractivity contribution in [3.05, 3.63) is 95.3 Å². The quantitative estimate of drug-likeness (QED) is 0.438. The largest absolute Gasteiger partial charge is 0.348 e. The number of rotatable bonds is 8. The molecule has 0 aliphatic carbocycles. The van der Waals surface area contributed by atoms with Crippen LogP contribution >= 0.6 is 0 Å². The lowest BCUT2D eigenvalue weighted by atomic mass is 9.75. The van der Waals surface area contributed by atoms with Gasteiger partial charge in [-0.15, -0.1) is 0 Å². The number of amides is 2. The molecule has 0 bridgehead atoms. The van der Waals surface area contributed by atoms with Gasteiger partial charge in [-0.25, -0.2) is 12.8 Å². The topological polar surface area (TPSA) is 83.6 Å². The molecule has 36 heavy (non-hydrogen) atoms. The number of nitrogens with one attached hydrogen (secondary N) is 1. The molecule has 1 fully saturated rings. The van der Waals surface area contributed by atoms with Crippen molar-refractivity contribution in [3.63, 3.8) is 0 Å². The molecule has 2 atom stereocenters. The highest BCUT2D eigenvalue weighted by Gasteiger charge is 2.50. The maximum atomic E-state index is 13.9. The number of carbonyl (C=O) groups excluding carboxylic acids is 2. The maximum Gasteiger partial charge on any atom is 0.251 e. The second kappa shape index (κ2) is 10.2. The summed E-state index contributed by atoms with van der Waals surface area (Å²) in [6.07, 6.45) is 0. The number of carbonyl (C=O) groups is 2. The average molecular weight is 509 g/mol. The van der Waals surface area contributed by atoms with Gasteiger partial charge in [-0.1, -0.05) is 45.0 Å². The van der Waals surface area contributed by atoms with Gasteiger partial charge in [-0.2, -0.15) is 0 Å². The van der Waals surface area contributed by atoms with E-state index in [1.165, 1.54) is 12.1 Å². The van der Waals surface area contributed by atoms with Crippen LogP contribution < -0.4 is 10.2 Å². The molecular formula is C28H29FN2O4S. The van der Waals surface area contributed by atoms with Crippen molar-refractivity contribution < 1.29 is 22.4 Å². The van der Waals surface area contributed by atoms with Gasteiger partial charge in [0.25, 0.3) is 5.91 Å². The summed E-state index contributed by atoms with van der Waals surface area (Å²) in [5, 5.41) is 2.83. The maximum absolute atomic E-state index is 13.9. The Labute approximate surface area is 211 Å². The van der Waals surface area contributed by atoms with E-state index in [9.17, 15) is 22.4 Å². The third-order valence-corrected chi connectivity index (χ3v) is 8.32. The summed E-state index contributed by atoms with van der Waals surface area (Å²) in [4.78, 5) is 27.5. The monoisotopic (exact) mass is 508 g/mol. The Balaban J connectivity index is 1.45. The summed E-state index contributed by atoms with van der Waals surface area (Å²) < 4.78 is 37.8. The molecule has 0 spiro atoms. The van der Waals surface area contributed by atoms with Crippen molar-refractivity contribution in [2.45, 2.75) is 38.3 Å². The lowest BCUT2D eigenvalue weighted by Crippen LogP contribution is -2.57. The van der Waals surface area contributed by atoms with Crippen LogP contribution in [0.15, 0.2) is 77.7 Å². The summed E-state index contributed by atoms with van der Waals surface area (Å²) in [7, 11) is -3.27. The third kappa shape index (κ3) is 5.04. The summed E-state index contributed by atoms with van der Waals surface area (Å²) in [5.41, 5.74) is 2.60. The fraction of sp³-hybridized carbons (Fsp3) is 0.286. The van der Waals surface area contributed by atoms with Crippen LogP contribution in [0.2, 0.25) is 0 Å². The summed E-state index contributed by atoms with van der Waals surface area (Å²) >= 11 is 0. The van der Waals surface area contributed by atoms with Gasteiger partial charge in [0, 0.05) is 17.8 Å². The van der Waals surface area contributed by atoms with Gasteiger partial charge in [0.15, 0.2) is 9.84 Å². The molecule has 1 N–H and O–H groups in total. The Morgan fingerprint density at radius 3 is 2.28 bits per heavy atom. The van der Waals surface area contributed by atoms with Gasteiger partial charge < -0.3 is 10.2 Å². The number of hydrogen-bond acceptors (Lipinski definition) is 4. The molecule has 2 amide bonds. The van der Waals surface area contributed by atoms with Crippen LogP contribution in [0.4, 0.5) is 10.1 Å². The van der Waals surface area contributed by atoms with E-state index in [1.54, 1.807) is 66.4 Å². The van der Waals surface area contributed by atoms with Crippen molar-refractivity contribution >= 4 is 27.3 Å². The summed E-state index contributed by atoms with van der Waals surface area (Å²) in [6, 6.07) is 19.2. The van der Waals surface area contributed by atoms with Crippen LogP contribution in [-0.4, -0.2) is 26.0 Å². The first-order chi connectivity index (χ1) is 17.1. The molecule has 1 heterocycles. The molecule has 0 radical (unpaired) electrons. The van der Waals surface area contributed by atoms with E-state index in [0.717, 1.165) is 11.1 Å². The first-order valence-electron chi connectivity index (χ1n) is 11.9. The third-order valence-electron chi connectivity index (χ3n) is 6.57. The minimum absolute atomic E-state index is 0.0232. The van der Waals surface area contributed by atoms with Crippen LogP contribution in [0.25, 0.3) is 0 Å². The number of β-lactam (4-membered cyclic amide) rings is 1.